The monoisotopic (exact) mass is 303 g/mol. The molecule has 0 radical (unpaired) electrons. The summed E-state index contributed by atoms with van der Waals surface area (Å²) < 4.78 is 41.6. The van der Waals surface area contributed by atoms with E-state index in [1.165, 1.54) is 0 Å². The van der Waals surface area contributed by atoms with Crippen LogP contribution in [0.5, 0.6) is 0 Å². The van der Waals surface area contributed by atoms with E-state index in [1.54, 1.807) is 11.7 Å². The summed E-state index contributed by atoms with van der Waals surface area (Å²) >= 11 is 0. The zero-order valence-corrected chi connectivity index (χ0v) is 12.9. The van der Waals surface area contributed by atoms with Crippen LogP contribution in [0.15, 0.2) is 6.07 Å². The average molecular weight is 303 g/mol. The molecule has 1 saturated carbocycles. The molecule has 1 aromatic rings. The lowest BCUT2D eigenvalue weighted by Crippen LogP contribution is -2.45. The number of aryl methyl sites for hydroxylation is 2. The van der Waals surface area contributed by atoms with Crippen molar-refractivity contribution < 1.29 is 13.2 Å². The lowest BCUT2D eigenvalue weighted by Gasteiger charge is -2.38. The highest BCUT2D eigenvalue weighted by Crippen LogP contribution is 2.43. The molecule has 1 aromatic heterocycles. The number of halogens is 3. The van der Waals surface area contributed by atoms with Crippen molar-refractivity contribution in [2.45, 2.75) is 51.2 Å². The first-order valence-corrected chi connectivity index (χ1v) is 7.56. The van der Waals surface area contributed by atoms with Crippen LogP contribution < -0.4 is 5.32 Å². The molecule has 1 fully saturated rings. The molecule has 1 aliphatic carbocycles. The number of nitrogens with zero attached hydrogens (tertiary/aromatic N) is 2. The van der Waals surface area contributed by atoms with Gasteiger partial charge in [0.1, 0.15) is 0 Å². The lowest BCUT2D eigenvalue weighted by molar-refractivity contribution is -0.199. The third-order valence-electron chi connectivity index (χ3n) is 4.66. The van der Waals surface area contributed by atoms with Gasteiger partial charge in [0.05, 0.1) is 11.6 Å². The molecule has 0 saturated heterocycles. The van der Waals surface area contributed by atoms with E-state index < -0.39 is 12.1 Å². The standard InChI is InChI=1S/C15H24F3N3/c1-10-8-11(21(3)20-10)9-14(19-2)12-6-4-5-7-13(12)15(16,17)18/h8,12-14,19H,4-7,9H2,1-3H3. The van der Waals surface area contributed by atoms with Crippen molar-refractivity contribution >= 4 is 0 Å². The fourth-order valence-corrected chi connectivity index (χ4v) is 3.60. The van der Waals surface area contributed by atoms with E-state index in [1.807, 2.05) is 20.0 Å². The van der Waals surface area contributed by atoms with Gasteiger partial charge in [-0.2, -0.15) is 18.3 Å². The van der Waals surface area contributed by atoms with Gasteiger partial charge in [-0.3, -0.25) is 4.68 Å². The van der Waals surface area contributed by atoms with Gasteiger partial charge in [0.15, 0.2) is 0 Å². The summed E-state index contributed by atoms with van der Waals surface area (Å²) in [5.41, 5.74) is 1.89. The minimum Gasteiger partial charge on any atom is -0.316 e. The second-order valence-corrected chi connectivity index (χ2v) is 6.10. The van der Waals surface area contributed by atoms with E-state index in [-0.39, 0.29) is 18.4 Å². The molecule has 0 aliphatic heterocycles. The number of hydrogen-bond acceptors (Lipinski definition) is 2. The molecule has 120 valence electrons. The van der Waals surface area contributed by atoms with Crippen LogP contribution in [0.3, 0.4) is 0 Å². The number of alkyl halides is 3. The first kappa shape index (κ1) is 16.3. The van der Waals surface area contributed by atoms with E-state index in [4.69, 9.17) is 0 Å². The number of hydrogen-bond donors (Lipinski definition) is 1. The molecule has 0 spiro atoms. The zero-order chi connectivity index (χ0) is 15.6. The van der Waals surface area contributed by atoms with Crippen LogP contribution >= 0.6 is 0 Å². The molecular formula is C15H24F3N3. The molecule has 1 heterocycles. The minimum absolute atomic E-state index is 0.160. The van der Waals surface area contributed by atoms with Crippen LogP contribution in [0.1, 0.15) is 37.1 Å². The van der Waals surface area contributed by atoms with E-state index >= 15 is 0 Å². The fraction of sp³-hybridized carbons (Fsp3) is 0.800. The van der Waals surface area contributed by atoms with Crippen LogP contribution in [0.4, 0.5) is 13.2 Å². The largest absolute Gasteiger partial charge is 0.392 e. The molecule has 1 N–H and O–H groups in total. The van der Waals surface area contributed by atoms with Crippen molar-refractivity contribution in [3.8, 4) is 0 Å². The molecule has 3 atom stereocenters. The van der Waals surface area contributed by atoms with Crippen molar-refractivity contribution in [3.63, 3.8) is 0 Å². The second-order valence-electron chi connectivity index (χ2n) is 6.10. The Bertz CT molecular complexity index is 467. The van der Waals surface area contributed by atoms with Gasteiger partial charge in [0, 0.05) is 25.2 Å². The number of likely N-dealkylation sites (N-methyl/N-ethyl adjacent to an activating group) is 1. The Balaban J connectivity index is 2.16. The topological polar surface area (TPSA) is 29.9 Å². The Kier molecular flexibility index (Phi) is 4.96. The summed E-state index contributed by atoms with van der Waals surface area (Å²) in [5, 5.41) is 7.40. The van der Waals surface area contributed by atoms with Gasteiger partial charge in [-0.05, 0) is 38.8 Å². The maximum atomic E-state index is 13.3. The number of aromatic nitrogens is 2. The van der Waals surface area contributed by atoms with Gasteiger partial charge in [-0.25, -0.2) is 0 Å². The Morgan fingerprint density at radius 3 is 2.57 bits per heavy atom. The zero-order valence-electron chi connectivity index (χ0n) is 12.9. The van der Waals surface area contributed by atoms with Gasteiger partial charge in [0.25, 0.3) is 0 Å². The molecule has 2 rings (SSSR count). The summed E-state index contributed by atoms with van der Waals surface area (Å²) in [5.74, 6) is -1.53. The van der Waals surface area contributed by atoms with Crippen molar-refractivity contribution in [1.29, 1.82) is 0 Å². The van der Waals surface area contributed by atoms with E-state index in [0.29, 0.717) is 19.3 Å². The minimum atomic E-state index is -4.09. The van der Waals surface area contributed by atoms with Gasteiger partial charge in [0.2, 0.25) is 0 Å². The molecule has 0 aromatic carbocycles. The first-order valence-electron chi connectivity index (χ1n) is 7.56. The first-order chi connectivity index (χ1) is 9.82. The van der Waals surface area contributed by atoms with Crippen molar-refractivity contribution in [2.24, 2.45) is 18.9 Å². The molecular weight excluding hydrogens is 279 g/mol. The molecule has 3 nitrogen and oxygen atoms in total. The molecule has 3 unspecified atom stereocenters. The molecule has 6 heteroatoms. The van der Waals surface area contributed by atoms with Crippen LogP contribution in [-0.4, -0.2) is 29.0 Å². The SMILES string of the molecule is CNC(Cc1cc(C)nn1C)C1CCCCC1C(F)(F)F. The van der Waals surface area contributed by atoms with E-state index in [2.05, 4.69) is 10.4 Å². The molecule has 1 aliphatic rings. The van der Waals surface area contributed by atoms with E-state index in [9.17, 15) is 13.2 Å². The maximum Gasteiger partial charge on any atom is 0.392 e. The molecule has 21 heavy (non-hydrogen) atoms. The van der Waals surface area contributed by atoms with Gasteiger partial charge in [-0.1, -0.05) is 12.8 Å². The Morgan fingerprint density at radius 1 is 1.38 bits per heavy atom. The highest BCUT2D eigenvalue weighted by molar-refractivity contribution is 5.11. The van der Waals surface area contributed by atoms with Crippen LogP contribution in [-0.2, 0) is 13.5 Å². The van der Waals surface area contributed by atoms with Gasteiger partial charge in [-0.15, -0.1) is 0 Å². The number of rotatable bonds is 4. The fourth-order valence-electron chi connectivity index (χ4n) is 3.60. The summed E-state index contributed by atoms with van der Waals surface area (Å²) in [6.45, 7) is 1.90. The molecule has 0 bridgehead atoms. The summed E-state index contributed by atoms with van der Waals surface area (Å²) in [4.78, 5) is 0. The highest BCUT2D eigenvalue weighted by Gasteiger charge is 2.47. The predicted molar refractivity (Wildman–Crippen MR) is 76.0 cm³/mol. The van der Waals surface area contributed by atoms with Crippen LogP contribution in [0.25, 0.3) is 0 Å². The summed E-state index contributed by atoms with van der Waals surface area (Å²) in [6, 6.07) is 1.79. The highest BCUT2D eigenvalue weighted by atomic mass is 19.4. The maximum absolute atomic E-state index is 13.3. The van der Waals surface area contributed by atoms with Crippen LogP contribution in [0, 0.1) is 18.8 Å². The number of nitrogens with one attached hydrogen (secondary N) is 1. The van der Waals surface area contributed by atoms with Gasteiger partial charge >= 0.3 is 6.18 Å². The summed E-state index contributed by atoms with van der Waals surface area (Å²) in [7, 11) is 3.60. The van der Waals surface area contributed by atoms with Crippen LogP contribution in [0.2, 0.25) is 0 Å². The summed E-state index contributed by atoms with van der Waals surface area (Å²) in [6.07, 6.45) is -1.03. The van der Waals surface area contributed by atoms with Gasteiger partial charge < -0.3 is 5.32 Å². The smallest absolute Gasteiger partial charge is 0.316 e. The van der Waals surface area contributed by atoms with Crippen molar-refractivity contribution in [1.82, 2.24) is 15.1 Å². The lowest BCUT2D eigenvalue weighted by atomic mass is 9.73. The van der Waals surface area contributed by atoms with Crippen molar-refractivity contribution in [3.05, 3.63) is 17.5 Å². The Morgan fingerprint density at radius 2 is 2.05 bits per heavy atom. The quantitative estimate of drug-likeness (QED) is 0.925. The molecule has 0 amide bonds. The Labute approximate surface area is 123 Å². The second kappa shape index (κ2) is 6.38. The van der Waals surface area contributed by atoms with Crippen molar-refractivity contribution in [2.75, 3.05) is 7.05 Å². The third-order valence-corrected chi connectivity index (χ3v) is 4.66. The Hall–Kier alpha value is -1.04. The van der Waals surface area contributed by atoms with E-state index in [0.717, 1.165) is 17.8 Å². The predicted octanol–water partition coefficient (Wildman–Crippen LogP) is 3.23. The average Bonchev–Trinajstić information content (AvgIpc) is 2.73. The normalized spacial score (nSPS) is 25.0. The third kappa shape index (κ3) is 3.78.